The highest BCUT2D eigenvalue weighted by Crippen LogP contribution is 2.24. The summed E-state index contributed by atoms with van der Waals surface area (Å²) < 4.78 is 6.75. The topological polar surface area (TPSA) is 50.4 Å². The molecule has 0 bridgehead atoms. The van der Waals surface area contributed by atoms with E-state index in [2.05, 4.69) is 26.6 Å². The first kappa shape index (κ1) is 17.3. The van der Waals surface area contributed by atoms with Gasteiger partial charge in [-0.1, -0.05) is 12.1 Å². The molecular weight excluding hydrogens is 344 g/mol. The molecule has 1 saturated heterocycles. The molecule has 0 saturated carbocycles. The Labute approximate surface area is 141 Å². The second-order valence-corrected chi connectivity index (χ2v) is 6.75. The summed E-state index contributed by atoms with van der Waals surface area (Å²) in [5, 5.41) is 6.32. The molecule has 0 radical (unpaired) electrons. The molecule has 1 fully saturated rings. The number of ether oxygens (including phenoxy) is 1. The SMILES string of the molecule is CC(CNC(=O)CCC1CCNCC1)Oc1ccccc1Br. The molecule has 0 aliphatic carbocycles. The highest BCUT2D eigenvalue weighted by Gasteiger charge is 2.15. The number of carbonyl (C=O) groups excluding carboxylic acids is 1. The van der Waals surface area contributed by atoms with Gasteiger partial charge < -0.3 is 15.4 Å². The average Bonchev–Trinajstić information content (AvgIpc) is 2.54. The van der Waals surface area contributed by atoms with Gasteiger partial charge in [0, 0.05) is 6.42 Å². The van der Waals surface area contributed by atoms with E-state index in [0.717, 1.165) is 29.7 Å². The Morgan fingerprint density at radius 3 is 2.86 bits per heavy atom. The number of piperidine rings is 1. The van der Waals surface area contributed by atoms with E-state index in [9.17, 15) is 4.79 Å². The summed E-state index contributed by atoms with van der Waals surface area (Å²) in [7, 11) is 0. The number of rotatable bonds is 7. The summed E-state index contributed by atoms with van der Waals surface area (Å²) in [5.41, 5.74) is 0. The zero-order valence-electron chi connectivity index (χ0n) is 13.1. The molecule has 1 aliphatic rings. The third-order valence-electron chi connectivity index (χ3n) is 3.99. The Hall–Kier alpha value is -1.07. The summed E-state index contributed by atoms with van der Waals surface area (Å²) >= 11 is 3.46. The maximum absolute atomic E-state index is 11.9. The van der Waals surface area contributed by atoms with Crippen molar-refractivity contribution in [3.05, 3.63) is 28.7 Å². The third kappa shape index (κ3) is 5.97. The maximum Gasteiger partial charge on any atom is 0.220 e. The van der Waals surface area contributed by atoms with E-state index < -0.39 is 0 Å². The largest absolute Gasteiger partial charge is 0.488 e. The first-order valence-corrected chi connectivity index (χ1v) is 8.83. The van der Waals surface area contributed by atoms with Crippen molar-refractivity contribution in [2.75, 3.05) is 19.6 Å². The van der Waals surface area contributed by atoms with Crippen LogP contribution in [-0.2, 0) is 4.79 Å². The first-order valence-electron chi connectivity index (χ1n) is 8.03. The van der Waals surface area contributed by atoms with Crippen molar-refractivity contribution >= 4 is 21.8 Å². The van der Waals surface area contributed by atoms with Gasteiger partial charge in [0.15, 0.2) is 0 Å². The van der Waals surface area contributed by atoms with Crippen LogP contribution in [0.25, 0.3) is 0 Å². The van der Waals surface area contributed by atoms with E-state index in [1.54, 1.807) is 0 Å². The van der Waals surface area contributed by atoms with Crippen LogP contribution in [0.5, 0.6) is 5.75 Å². The fourth-order valence-corrected chi connectivity index (χ4v) is 3.03. The summed E-state index contributed by atoms with van der Waals surface area (Å²) in [6.07, 6.45) is 3.94. The lowest BCUT2D eigenvalue weighted by Gasteiger charge is -2.22. The fourth-order valence-electron chi connectivity index (χ4n) is 2.65. The lowest BCUT2D eigenvalue weighted by molar-refractivity contribution is -0.121. The maximum atomic E-state index is 11.9. The number of nitrogens with one attached hydrogen (secondary N) is 2. The molecule has 2 N–H and O–H groups in total. The van der Waals surface area contributed by atoms with Crippen LogP contribution in [-0.4, -0.2) is 31.6 Å². The molecular formula is C17H25BrN2O2. The van der Waals surface area contributed by atoms with E-state index >= 15 is 0 Å². The van der Waals surface area contributed by atoms with Gasteiger partial charge in [0.2, 0.25) is 5.91 Å². The minimum atomic E-state index is -0.0541. The van der Waals surface area contributed by atoms with Gasteiger partial charge in [-0.05, 0) is 73.3 Å². The Bertz CT molecular complexity index is 475. The predicted molar refractivity (Wildman–Crippen MR) is 92.1 cm³/mol. The van der Waals surface area contributed by atoms with Crippen LogP contribution in [0, 0.1) is 5.92 Å². The van der Waals surface area contributed by atoms with Gasteiger partial charge in [0.25, 0.3) is 0 Å². The lowest BCUT2D eigenvalue weighted by Crippen LogP contribution is -2.34. The molecule has 22 heavy (non-hydrogen) atoms. The van der Waals surface area contributed by atoms with Crippen LogP contribution in [0.1, 0.15) is 32.6 Å². The molecule has 1 amide bonds. The molecule has 1 aliphatic heterocycles. The van der Waals surface area contributed by atoms with Crippen molar-refractivity contribution in [2.45, 2.75) is 38.7 Å². The Balaban J connectivity index is 1.64. The van der Waals surface area contributed by atoms with Crippen LogP contribution in [0.15, 0.2) is 28.7 Å². The van der Waals surface area contributed by atoms with E-state index in [1.807, 2.05) is 31.2 Å². The molecule has 4 nitrogen and oxygen atoms in total. The summed E-state index contributed by atoms with van der Waals surface area (Å²) in [4.78, 5) is 11.9. The second kappa shape index (κ2) is 9.16. The molecule has 1 aromatic rings. The minimum absolute atomic E-state index is 0.0541. The van der Waals surface area contributed by atoms with Crippen LogP contribution >= 0.6 is 15.9 Å². The van der Waals surface area contributed by atoms with Crippen molar-refractivity contribution in [1.82, 2.24) is 10.6 Å². The Morgan fingerprint density at radius 2 is 2.14 bits per heavy atom. The summed E-state index contributed by atoms with van der Waals surface area (Å²) in [5.74, 6) is 1.63. The zero-order valence-corrected chi connectivity index (χ0v) is 14.7. The predicted octanol–water partition coefficient (Wildman–Crippen LogP) is 3.11. The number of benzene rings is 1. The zero-order chi connectivity index (χ0) is 15.8. The lowest BCUT2D eigenvalue weighted by atomic mass is 9.93. The van der Waals surface area contributed by atoms with Crippen molar-refractivity contribution < 1.29 is 9.53 Å². The van der Waals surface area contributed by atoms with Gasteiger partial charge >= 0.3 is 0 Å². The molecule has 1 aromatic carbocycles. The van der Waals surface area contributed by atoms with Gasteiger partial charge in [-0.3, -0.25) is 4.79 Å². The van der Waals surface area contributed by atoms with Crippen LogP contribution < -0.4 is 15.4 Å². The van der Waals surface area contributed by atoms with E-state index in [-0.39, 0.29) is 12.0 Å². The van der Waals surface area contributed by atoms with Crippen LogP contribution in [0.4, 0.5) is 0 Å². The molecule has 0 spiro atoms. The number of hydrogen-bond donors (Lipinski definition) is 2. The van der Waals surface area contributed by atoms with E-state index in [1.165, 1.54) is 12.8 Å². The molecule has 0 aromatic heterocycles. The van der Waals surface area contributed by atoms with E-state index in [0.29, 0.717) is 18.9 Å². The Morgan fingerprint density at radius 1 is 1.41 bits per heavy atom. The second-order valence-electron chi connectivity index (χ2n) is 5.90. The first-order chi connectivity index (χ1) is 10.6. The molecule has 1 unspecified atom stereocenters. The van der Waals surface area contributed by atoms with Crippen molar-refractivity contribution in [3.63, 3.8) is 0 Å². The molecule has 2 rings (SSSR count). The number of amides is 1. The normalized spacial score (nSPS) is 17.0. The van der Waals surface area contributed by atoms with E-state index in [4.69, 9.17) is 4.74 Å². The smallest absolute Gasteiger partial charge is 0.220 e. The number of halogens is 1. The number of para-hydroxylation sites is 1. The van der Waals surface area contributed by atoms with Crippen molar-refractivity contribution in [3.8, 4) is 5.75 Å². The number of carbonyl (C=O) groups is 1. The van der Waals surface area contributed by atoms with Crippen molar-refractivity contribution in [1.29, 1.82) is 0 Å². The molecule has 5 heteroatoms. The average molecular weight is 369 g/mol. The highest BCUT2D eigenvalue weighted by molar-refractivity contribution is 9.10. The fraction of sp³-hybridized carbons (Fsp3) is 0.588. The molecule has 122 valence electrons. The monoisotopic (exact) mass is 368 g/mol. The van der Waals surface area contributed by atoms with Gasteiger partial charge in [0.05, 0.1) is 11.0 Å². The molecule has 1 heterocycles. The summed E-state index contributed by atoms with van der Waals surface area (Å²) in [6, 6.07) is 7.74. The quantitative estimate of drug-likeness (QED) is 0.777. The standard InChI is InChI=1S/C17H25BrN2O2/c1-13(22-16-5-3-2-4-15(16)18)12-20-17(21)7-6-14-8-10-19-11-9-14/h2-5,13-14,19H,6-12H2,1H3,(H,20,21). The van der Waals surface area contributed by atoms with Gasteiger partial charge in [0.1, 0.15) is 11.9 Å². The van der Waals surface area contributed by atoms with Gasteiger partial charge in [-0.2, -0.15) is 0 Å². The van der Waals surface area contributed by atoms with Gasteiger partial charge in [-0.15, -0.1) is 0 Å². The number of hydrogen-bond acceptors (Lipinski definition) is 3. The minimum Gasteiger partial charge on any atom is -0.488 e. The highest BCUT2D eigenvalue weighted by atomic mass is 79.9. The van der Waals surface area contributed by atoms with Crippen LogP contribution in [0.3, 0.4) is 0 Å². The van der Waals surface area contributed by atoms with Gasteiger partial charge in [-0.25, -0.2) is 0 Å². The summed E-state index contributed by atoms with van der Waals surface area (Å²) in [6.45, 7) is 4.67. The Kier molecular flexibility index (Phi) is 7.19. The van der Waals surface area contributed by atoms with Crippen molar-refractivity contribution in [2.24, 2.45) is 5.92 Å². The third-order valence-corrected chi connectivity index (χ3v) is 4.64. The van der Waals surface area contributed by atoms with Crippen LogP contribution in [0.2, 0.25) is 0 Å². The molecule has 1 atom stereocenters.